The highest BCUT2D eigenvalue weighted by atomic mass is 35.5. The Balaban J connectivity index is 1.50. The van der Waals surface area contributed by atoms with Crippen LogP contribution in [-0.2, 0) is 11.3 Å². The third-order valence-corrected chi connectivity index (χ3v) is 6.56. The number of aromatic nitrogens is 2. The fourth-order valence-corrected chi connectivity index (χ4v) is 4.72. The second kappa shape index (κ2) is 8.45. The summed E-state index contributed by atoms with van der Waals surface area (Å²) >= 11 is 6.36. The lowest BCUT2D eigenvalue weighted by Crippen LogP contribution is -2.46. The number of carbonyl (C=O) groups is 1. The zero-order valence-corrected chi connectivity index (χ0v) is 19.0. The van der Waals surface area contributed by atoms with Crippen LogP contribution in [0.2, 0.25) is 5.02 Å². The summed E-state index contributed by atoms with van der Waals surface area (Å²) in [5, 5.41) is 0.815. The first-order valence-electron chi connectivity index (χ1n) is 10.8. The van der Waals surface area contributed by atoms with Gasteiger partial charge in [-0.15, -0.1) is 0 Å². The van der Waals surface area contributed by atoms with E-state index in [0.717, 1.165) is 65.7 Å². The van der Waals surface area contributed by atoms with E-state index in [4.69, 9.17) is 21.3 Å². The van der Waals surface area contributed by atoms with E-state index in [1.807, 2.05) is 49.4 Å². The number of fused-ring (bicyclic) bond motifs is 3. The molecule has 0 spiro atoms. The Labute approximate surface area is 192 Å². The highest BCUT2D eigenvalue weighted by Gasteiger charge is 2.25. The van der Waals surface area contributed by atoms with Crippen molar-refractivity contribution in [2.24, 2.45) is 0 Å². The quantitative estimate of drug-likeness (QED) is 0.428. The van der Waals surface area contributed by atoms with E-state index in [-0.39, 0.29) is 5.97 Å². The van der Waals surface area contributed by atoms with Crippen LogP contribution >= 0.6 is 11.6 Å². The van der Waals surface area contributed by atoms with Crippen molar-refractivity contribution < 1.29 is 9.53 Å². The summed E-state index contributed by atoms with van der Waals surface area (Å²) in [6, 6.07) is 18.1. The summed E-state index contributed by atoms with van der Waals surface area (Å²) in [7, 11) is 1.41. The maximum atomic E-state index is 12.6. The summed E-state index contributed by atoms with van der Waals surface area (Å²) in [5.41, 5.74) is 5.04. The Morgan fingerprint density at radius 1 is 1.06 bits per heavy atom. The first-order chi connectivity index (χ1) is 15.6. The molecule has 0 atom stereocenters. The largest absolute Gasteiger partial charge is 0.465 e. The van der Waals surface area contributed by atoms with Crippen molar-refractivity contribution >= 4 is 40.1 Å². The molecule has 3 heterocycles. The van der Waals surface area contributed by atoms with Gasteiger partial charge in [0.25, 0.3) is 0 Å². The van der Waals surface area contributed by atoms with Gasteiger partial charge >= 0.3 is 5.97 Å². The summed E-state index contributed by atoms with van der Waals surface area (Å²) in [4.78, 5) is 22.1. The van der Waals surface area contributed by atoms with Crippen LogP contribution in [0.5, 0.6) is 0 Å². The zero-order valence-electron chi connectivity index (χ0n) is 18.2. The van der Waals surface area contributed by atoms with Crippen molar-refractivity contribution in [3.63, 3.8) is 0 Å². The van der Waals surface area contributed by atoms with Gasteiger partial charge in [-0.1, -0.05) is 41.9 Å². The van der Waals surface area contributed by atoms with Gasteiger partial charge < -0.3 is 9.64 Å². The minimum absolute atomic E-state index is 0.362. The van der Waals surface area contributed by atoms with Crippen LogP contribution in [0.25, 0.3) is 16.7 Å². The van der Waals surface area contributed by atoms with E-state index in [0.29, 0.717) is 11.2 Å². The van der Waals surface area contributed by atoms with Gasteiger partial charge in [-0.25, -0.2) is 9.78 Å². The molecule has 0 unspecified atom stereocenters. The Morgan fingerprint density at radius 3 is 2.53 bits per heavy atom. The van der Waals surface area contributed by atoms with Gasteiger partial charge in [0.05, 0.1) is 18.1 Å². The van der Waals surface area contributed by atoms with Gasteiger partial charge in [0, 0.05) is 37.7 Å². The zero-order chi connectivity index (χ0) is 22.2. The van der Waals surface area contributed by atoms with Crippen LogP contribution in [0, 0.1) is 6.92 Å². The molecule has 0 saturated carbocycles. The molecule has 0 bridgehead atoms. The van der Waals surface area contributed by atoms with Crippen molar-refractivity contribution in [2.75, 3.05) is 38.2 Å². The second-order valence-corrected chi connectivity index (χ2v) is 8.57. The molecule has 2 aromatic heterocycles. The molecule has 1 saturated heterocycles. The van der Waals surface area contributed by atoms with Crippen molar-refractivity contribution in [1.82, 2.24) is 14.3 Å². The van der Waals surface area contributed by atoms with Crippen LogP contribution in [0.15, 0.2) is 54.6 Å². The number of hydrogen-bond acceptors (Lipinski definition) is 5. The van der Waals surface area contributed by atoms with Gasteiger partial charge in [0.15, 0.2) is 5.65 Å². The van der Waals surface area contributed by atoms with E-state index < -0.39 is 0 Å². The summed E-state index contributed by atoms with van der Waals surface area (Å²) in [6.07, 6.45) is 0. The predicted molar refractivity (Wildman–Crippen MR) is 128 cm³/mol. The number of piperazine rings is 1. The summed E-state index contributed by atoms with van der Waals surface area (Å²) in [5.74, 6) is 0.690. The maximum Gasteiger partial charge on any atom is 0.341 e. The summed E-state index contributed by atoms with van der Waals surface area (Å²) in [6.45, 7) is 6.40. The number of aryl methyl sites for hydroxylation is 1. The van der Waals surface area contributed by atoms with Crippen molar-refractivity contribution in [3.8, 4) is 0 Å². The normalized spacial score (nSPS) is 14.9. The maximum absolute atomic E-state index is 12.6. The highest BCUT2D eigenvalue weighted by Crippen LogP contribution is 2.30. The van der Waals surface area contributed by atoms with E-state index in [1.165, 1.54) is 7.11 Å². The van der Waals surface area contributed by atoms with Crippen LogP contribution in [0.4, 0.5) is 5.82 Å². The average molecular weight is 449 g/mol. The lowest BCUT2D eigenvalue weighted by molar-refractivity contribution is 0.0601. The van der Waals surface area contributed by atoms with Crippen molar-refractivity contribution in [1.29, 1.82) is 0 Å². The van der Waals surface area contributed by atoms with E-state index >= 15 is 0 Å². The molecule has 2 aromatic carbocycles. The molecule has 1 fully saturated rings. The lowest BCUT2D eigenvalue weighted by Gasteiger charge is -2.36. The molecule has 164 valence electrons. The van der Waals surface area contributed by atoms with Crippen LogP contribution in [0.1, 0.15) is 21.5 Å². The molecule has 0 aliphatic carbocycles. The number of ether oxygens (including phenoxy) is 1. The number of pyridine rings is 1. The SMILES string of the molecule is COC(=O)c1c(C)cc(N2CCN(Cc3ccccc3Cl)CC2)n2c1nc1ccccc12. The smallest absolute Gasteiger partial charge is 0.341 e. The van der Waals surface area contributed by atoms with Gasteiger partial charge in [-0.2, -0.15) is 0 Å². The number of esters is 1. The number of imidazole rings is 1. The Hall–Kier alpha value is -3.09. The molecule has 7 heteroatoms. The molecular formula is C25H25ClN4O2. The Kier molecular flexibility index (Phi) is 5.49. The molecular weight excluding hydrogens is 424 g/mol. The third-order valence-electron chi connectivity index (χ3n) is 6.19. The van der Waals surface area contributed by atoms with Gasteiger partial charge in [-0.3, -0.25) is 9.30 Å². The number of benzene rings is 2. The monoisotopic (exact) mass is 448 g/mol. The minimum Gasteiger partial charge on any atom is -0.465 e. The van der Waals surface area contributed by atoms with E-state index in [2.05, 4.69) is 26.3 Å². The molecule has 0 amide bonds. The molecule has 1 aliphatic rings. The topological polar surface area (TPSA) is 50.1 Å². The van der Waals surface area contributed by atoms with Crippen LogP contribution < -0.4 is 4.90 Å². The van der Waals surface area contributed by atoms with Crippen molar-refractivity contribution in [2.45, 2.75) is 13.5 Å². The van der Waals surface area contributed by atoms with Gasteiger partial charge in [0.2, 0.25) is 0 Å². The number of methoxy groups -OCH3 is 1. The number of rotatable bonds is 4. The fourth-order valence-electron chi connectivity index (χ4n) is 4.52. The van der Waals surface area contributed by atoms with Crippen molar-refractivity contribution in [3.05, 3.63) is 76.3 Å². The second-order valence-electron chi connectivity index (χ2n) is 8.17. The summed E-state index contributed by atoms with van der Waals surface area (Å²) < 4.78 is 7.16. The molecule has 0 N–H and O–H groups in total. The van der Waals surface area contributed by atoms with Gasteiger partial charge in [-0.05, 0) is 42.3 Å². The fraction of sp³-hybridized carbons (Fsp3) is 0.280. The lowest BCUT2D eigenvalue weighted by atomic mass is 10.1. The number of anilines is 1. The number of nitrogens with zero attached hydrogens (tertiary/aromatic N) is 4. The Morgan fingerprint density at radius 2 is 1.78 bits per heavy atom. The number of para-hydroxylation sites is 2. The molecule has 5 rings (SSSR count). The number of carbonyl (C=O) groups excluding carboxylic acids is 1. The third kappa shape index (κ3) is 3.59. The van der Waals surface area contributed by atoms with E-state index in [1.54, 1.807) is 0 Å². The molecule has 1 aliphatic heterocycles. The molecule has 4 aromatic rings. The first kappa shape index (κ1) is 20.8. The standard InChI is InChI=1S/C25H25ClN4O2/c1-17-15-22(29-13-11-28(12-14-29)16-18-7-3-4-8-19(18)26)30-21-10-6-5-9-20(21)27-24(30)23(17)25(31)32-2/h3-10,15H,11-14,16H2,1-2H3. The Bertz CT molecular complexity index is 1310. The van der Waals surface area contributed by atoms with Crippen LogP contribution in [-0.4, -0.2) is 53.5 Å². The average Bonchev–Trinajstić information content (AvgIpc) is 3.19. The number of halogens is 1. The van der Waals surface area contributed by atoms with Gasteiger partial charge in [0.1, 0.15) is 11.4 Å². The molecule has 32 heavy (non-hydrogen) atoms. The predicted octanol–water partition coefficient (Wildman–Crippen LogP) is 4.56. The first-order valence-corrected chi connectivity index (χ1v) is 11.1. The number of hydrogen-bond donors (Lipinski definition) is 0. The van der Waals surface area contributed by atoms with E-state index in [9.17, 15) is 4.79 Å². The molecule has 0 radical (unpaired) electrons. The highest BCUT2D eigenvalue weighted by molar-refractivity contribution is 6.31. The minimum atomic E-state index is -0.362. The molecule has 6 nitrogen and oxygen atoms in total. The van der Waals surface area contributed by atoms with Crippen LogP contribution in [0.3, 0.4) is 0 Å².